The number of imide groups is 1. The smallest absolute Gasteiger partial charge is 0.478 e. The quantitative estimate of drug-likeness (QED) is 0.789. The summed E-state index contributed by atoms with van der Waals surface area (Å²) >= 11 is 0. The van der Waals surface area contributed by atoms with E-state index in [1.54, 1.807) is 25.4 Å². The summed E-state index contributed by atoms with van der Waals surface area (Å²) in [5.74, 6) is -2.07. The Labute approximate surface area is 120 Å². The molecule has 8 heteroatoms. The van der Waals surface area contributed by atoms with Crippen LogP contribution in [-0.4, -0.2) is 46.0 Å². The molecule has 0 spiro atoms. The van der Waals surface area contributed by atoms with Crippen LogP contribution in [-0.2, 0) is 16.0 Å². The van der Waals surface area contributed by atoms with Gasteiger partial charge < -0.3 is 10.4 Å². The largest absolute Gasteiger partial charge is 0.608 e. The first-order chi connectivity index (χ1) is 9.99. The number of pyridine rings is 1. The molecule has 1 aromatic heterocycles. The molecule has 1 saturated heterocycles. The van der Waals surface area contributed by atoms with Crippen molar-refractivity contribution in [3.63, 3.8) is 0 Å². The van der Waals surface area contributed by atoms with E-state index in [9.17, 15) is 14.4 Å². The maximum Gasteiger partial charge on any atom is 0.608 e. The van der Waals surface area contributed by atoms with Crippen molar-refractivity contribution in [2.45, 2.75) is 12.5 Å². The first-order valence-electron chi connectivity index (χ1n) is 6.13. The van der Waals surface area contributed by atoms with Gasteiger partial charge in [-0.05, 0) is 24.1 Å². The number of anilines is 1. The molecular formula is C13H13N4O4+. The third-order valence-corrected chi connectivity index (χ3v) is 3.32. The topological polar surface area (TPSA) is 104 Å². The molecule has 0 unspecified atom stereocenters. The van der Waals surface area contributed by atoms with Crippen molar-refractivity contribution in [1.29, 1.82) is 0 Å². The SMILES string of the molecule is C#[N+]C(=O)N1C(=O)[C@H](Cc2ccnc(NC)c2)[C@H]1C(=O)O. The van der Waals surface area contributed by atoms with Crippen LogP contribution in [0.1, 0.15) is 5.56 Å². The van der Waals surface area contributed by atoms with Crippen LogP contribution >= 0.6 is 0 Å². The zero-order valence-electron chi connectivity index (χ0n) is 11.2. The lowest BCUT2D eigenvalue weighted by Crippen LogP contribution is -2.66. The first kappa shape index (κ1) is 14.5. The number of carboxylic acid groups (broad SMARTS) is 1. The number of carboxylic acids is 1. The number of nitrogens with zero attached hydrogens (tertiary/aromatic N) is 3. The molecule has 8 nitrogen and oxygen atoms in total. The highest BCUT2D eigenvalue weighted by atomic mass is 16.4. The monoisotopic (exact) mass is 289 g/mol. The molecule has 0 aliphatic carbocycles. The van der Waals surface area contributed by atoms with E-state index in [2.05, 4.69) is 15.1 Å². The van der Waals surface area contributed by atoms with E-state index in [1.165, 1.54) is 0 Å². The molecule has 0 aromatic carbocycles. The minimum atomic E-state index is -1.26. The van der Waals surface area contributed by atoms with E-state index in [4.69, 9.17) is 11.7 Å². The average Bonchev–Trinajstić information content (AvgIpc) is 2.49. The Morgan fingerprint density at radius 3 is 2.86 bits per heavy atom. The summed E-state index contributed by atoms with van der Waals surface area (Å²) in [5.41, 5.74) is 0.746. The van der Waals surface area contributed by atoms with Crippen LogP contribution in [0.3, 0.4) is 0 Å². The number of nitrogens with one attached hydrogen (secondary N) is 1. The number of aliphatic carboxylic acids is 1. The number of β-lactam (4-membered cyclic amide) rings is 1. The molecule has 21 heavy (non-hydrogen) atoms. The predicted octanol–water partition coefficient (Wildman–Crippen LogP) is 0.660. The molecule has 0 bridgehead atoms. The van der Waals surface area contributed by atoms with Crippen molar-refractivity contribution in [3.05, 3.63) is 28.7 Å². The summed E-state index contributed by atoms with van der Waals surface area (Å²) in [6, 6.07) is 1.10. The van der Waals surface area contributed by atoms with Crippen LogP contribution in [0.2, 0.25) is 0 Å². The molecule has 1 aliphatic heterocycles. The molecule has 1 aliphatic rings. The van der Waals surface area contributed by atoms with Gasteiger partial charge in [-0.15, -0.1) is 9.74 Å². The number of aromatic nitrogens is 1. The second-order valence-corrected chi connectivity index (χ2v) is 4.51. The number of rotatable bonds is 4. The predicted molar refractivity (Wildman–Crippen MR) is 72.9 cm³/mol. The molecule has 2 N–H and O–H groups in total. The number of likely N-dealkylation sites (tertiary alicyclic amines) is 1. The van der Waals surface area contributed by atoms with Crippen molar-refractivity contribution in [1.82, 2.24) is 9.88 Å². The Bertz CT molecular complexity index is 652. The van der Waals surface area contributed by atoms with E-state index < -0.39 is 29.9 Å². The lowest BCUT2D eigenvalue weighted by Gasteiger charge is -2.34. The van der Waals surface area contributed by atoms with Crippen molar-refractivity contribution < 1.29 is 19.5 Å². The van der Waals surface area contributed by atoms with Gasteiger partial charge in [-0.2, -0.15) is 4.79 Å². The van der Waals surface area contributed by atoms with Gasteiger partial charge in [0.2, 0.25) is 6.04 Å². The van der Waals surface area contributed by atoms with Crippen molar-refractivity contribution in [3.8, 4) is 6.57 Å². The number of carbonyl (C=O) groups is 3. The van der Waals surface area contributed by atoms with E-state index >= 15 is 0 Å². The Morgan fingerprint density at radius 1 is 1.57 bits per heavy atom. The minimum Gasteiger partial charge on any atom is -0.478 e. The zero-order chi connectivity index (χ0) is 15.6. The van der Waals surface area contributed by atoms with Gasteiger partial charge in [0.25, 0.3) is 0 Å². The number of carbonyl (C=O) groups excluding carboxylic acids is 2. The number of hydrogen-bond acceptors (Lipinski definition) is 5. The Balaban J connectivity index is 2.20. The van der Waals surface area contributed by atoms with Crippen LogP contribution in [0.4, 0.5) is 10.6 Å². The van der Waals surface area contributed by atoms with Gasteiger partial charge >= 0.3 is 17.9 Å². The standard InChI is InChI=1S/C13H12N4O4/c1-14-9-6-7(3-4-16-9)5-8-10(12(19)20)17(11(8)18)13(21)15-2/h2-4,6,8,10H,5H2,1H3,(H-,14,16,19,20)/p+1/t8-,10+/m1/s1. The molecule has 3 amide bonds. The van der Waals surface area contributed by atoms with Gasteiger partial charge in [-0.3, -0.25) is 0 Å². The van der Waals surface area contributed by atoms with E-state index in [0.29, 0.717) is 10.7 Å². The highest BCUT2D eigenvalue weighted by molar-refractivity contribution is 6.10. The lowest BCUT2D eigenvalue weighted by atomic mass is 9.82. The maximum atomic E-state index is 11.9. The molecular weight excluding hydrogens is 276 g/mol. The summed E-state index contributed by atoms with van der Waals surface area (Å²) < 4.78 is 0. The fourth-order valence-electron chi connectivity index (χ4n) is 2.30. The second-order valence-electron chi connectivity index (χ2n) is 4.51. The van der Waals surface area contributed by atoms with Crippen LogP contribution in [0, 0.1) is 12.5 Å². The molecule has 1 aromatic rings. The number of amides is 3. The Morgan fingerprint density at radius 2 is 2.29 bits per heavy atom. The first-order valence-corrected chi connectivity index (χ1v) is 6.13. The molecule has 0 radical (unpaired) electrons. The highest BCUT2D eigenvalue weighted by Gasteiger charge is 2.62. The van der Waals surface area contributed by atoms with E-state index in [-0.39, 0.29) is 6.42 Å². The Hall–Kier alpha value is -2.95. The van der Waals surface area contributed by atoms with Crippen LogP contribution in [0.15, 0.2) is 18.3 Å². The van der Waals surface area contributed by atoms with Crippen LogP contribution in [0.25, 0.3) is 4.85 Å². The van der Waals surface area contributed by atoms with Crippen molar-refractivity contribution in [2.24, 2.45) is 5.92 Å². The minimum absolute atomic E-state index is 0.196. The maximum absolute atomic E-state index is 11.9. The van der Waals surface area contributed by atoms with Gasteiger partial charge in [0.05, 0.1) is 0 Å². The molecule has 108 valence electrons. The lowest BCUT2D eigenvalue weighted by molar-refractivity contribution is -0.165. The zero-order valence-corrected chi connectivity index (χ0v) is 11.2. The van der Waals surface area contributed by atoms with Crippen molar-refractivity contribution >= 4 is 23.7 Å². The van der Waals surface area contributed by atoms with Crippen molar-refractivity contribution in [2.75, 3.05) is 12.4 Å². The average molecular weight is 289 g/mol. The van der Waals surface area contributed by atoms with E-state index in [1.807, 2.05) is 0 Å². The normalized spacial score (nSPS) is 20.4. The van der Waals surface area contributed by atoms with Crippen LogP contribution < -0.4 is 5.32 Å². The molecule has 2 atom stereocenters. The summed E-state index contributed by atoms with van der Waals surface area (Å²) in [7, 11) is 1.70. The third kappa shape index (κ3) is 2.53. The Kier molecular flexibility index (Phi) is 3.84. The second kappa shape index (κ2) is 5.58. The fraction of sp³-hybridized carbons (Fsp3) is 0.308. The summed E-state index contributed by atoms with van der Waals surface area (Å²) in [5, 5.41) is 12.0. The van der Waals surface area contributed by atoms with Gasteiger partial charge in [-0.1, -0.05) is 0 Å². The third-order valence-electron chi connectivity index (χ3n) is 3.32. The fourth-order valence-corrected chi connectivity index (χ4v) is 2.30. The summed E-state index contributed by atoms with van der Waals surface area (Å²) in [6.07, 6.45) is 1.75. The summed E-state index contributed by atoms with van der Waals surface area (Å²) in [6.45, 7) is 4.82. The van der Waals surface area contributed by atoms with Crippen LogP contribution in [0.5, 0.6) is 0 Å². The molecule has 0 saturated carbocycles. The van der Waals surface area contributed by atoms with Gasteiger partial charge in [0, 0.05) is 13.2 Å². The van der Waals surface area contributed by atoms with Gasteiger partial charge in [-0.25, -0.2) is 14.6 Å². The highest BCUT2D eigenvalue weighted by Crippen LogP contribution is 2.31. The molecule has 2 rings (SSSR count). The summed E-state index contributed by atoms with van der Waals surface area (Å²) in [4.78, 5) is 41.9. The number of urea groups is 1. The number of hydrogen-bond donors (Lipinski definition) is 2. The van der Waals surface area contributed by atoms with E-state index in [0.717, 1.165) is 5.56 Å². The molecule has 2 heterocycles. The molecule has 1 fully saturated rings. The van der Waals surface area contributed by atoms with Gasteiger partial charge in [0.15, 0.2) is 0 Å². The van der Waals surface area contributed by atoms with Gasteiger partial charge in [0.1, 0.15) is 18.3 Å².